The topological polar surface area (TPSA) is 80.7 Å². The van der Waals surface area contributed by atoms with Crippen LogP contribution in [-0.4, -0.2) is 29.4 Å². The second kappa shape index (κ2) is 6.52. The summed E-state index contributed by atoms with van der Waals surface area (Å²) in [6, 6.07) is 6.79. The molecule has 0 aromatic heterocycles. The van der Waals surface area contributed by atoms with E-state index in [0.717, 1.165) is 12.8 Å². The Bertz CT molecular complexity index is 542. The molecule has 1 fully saturated rings. The Labute approximate surface area is 122 Å². The Morgan fingerprint density at radius 3 is 2.33 bits per heavy atom. The Morgan fingerprint density at radius 2 is 1.86 bits per heavy atom. The largest absolute Gasteiger partial charge is 0.481 e. The van der Waals surface area contributed by atoms with Gasteiger partial charge in [-0.15, -0.1) is 0 Å². The molecular weight excluding hydrogens is 272 g/mol. The zero-order chi connectivity index (χ0) is 15.4. The second-order valence-corrected chi connectivity index (χ2v) is 5.18. The highest BCUT2D eigenvalue weighted by Crippen LogP contribution is 2.32. The van der Waals surface area contributed by atoms with Crippen molar-refractivity contribution in [2.75, 3.05) is 6.61 Å². The number of hydrogen-bond donors (Lipinski definition) is 1. The van der Waals surface area contributed by atoms with E-state index in [9.17, 15) is 14.4 Å². The third-order valence-electron chi connectivity index (χ3n) is 3.50. The Morgan fingerprint density at radius 1 is 1.24 bits per heavy atom. The molecule has 5 nitrogen and oxygen atoms in total. The maximum Gasteiger partial charge on any atom is 0.320 e. The number of carbonyl (C=O) groups is 3. The molecule has 0 aliphatic heterocycles. The minimum atomic E-state index is -1.21. The first kappa shape index (κ1) is 15.2. The predicted octanol–water partition coefficient (Wildman–Crippen LogP) is 2.09. The number of carbonyl (C=O) groups excluding carboxylic acids is 2. The standard InChI is InChI=1S/C16H18O5/c1-2-21-16(20)13(15(18)19)9-10-3-5-11(6-4-10)14(17)12-7-8-12/h3-6,12-13H,2,7-9H2,1H3,(H,18,19). The van der Waals surface area contributed by atoms with Crippen molar-refractivity contribution in [1.29, 1.82) is 0 Å². The van der Waals surface area contributed by atoms with Crippen molar-refractivity contribution in [1.82, 2.24) is 0 Å². The summed E-state index contributed by atoms with van der Waals surface area (Å²) in [5, 5.41) is 9.10. The number of carboxylic acids is 1. The molecule has 112 valence electrons. The number of benzene rings is 1. The van der Waals surface area contributed by atoms with Gasteiger partial charge in [-0.05, 0) is 31.7 Å². The van der Waals surface area contributed by atoms with Crippen LogP contribution in [-0.2, 0) is 20.7 Å². The van der Waals surface area contributed by atoms with Gasteiger partial charge in [0.1, 0.15) is 0 Å². The van der Waals surface area contributed by atoms with E-state index in [0.29, 0.717) is 11.1 Å². The van der Waals surface area contributed by atoms with Crippen LogP contribution in [0.25, 0.3) is 0 Å². The lowest BCUT2D eigenvalue weighted by Gasteiger charge is -2.11. The van der Waals surface area contributed by atoms with Crippen molar-refractivity contribution in [3.05, 3.63) is 35.4 Å². The second-order valence-electron chi connectivity index (χ2n) is 5.18. The normalized spacial score (nSPS) is 15.3. The van der Waals surface area contributed by atoms with Gasteiger partial charge in [0.2, 0.25) is 0 Å². The number of rotatable bonds is 7. The van der Waals surface area contributed by atoms with Gasteiger partial charge in [0.25, 0.3) is 0 Å². The van der Waals surface area contributed by atoms with Gasteiger partial charge in [0.15, 0.2) is 11.7 Å². The number of hydrogen-bond acceptors (Lipinski definition) is 4. The quantitative estimate of drug-likeness (QED) is 0.472. The fraction of sp³-hybridized carbons (Fsp3) is 0.438. The third-order valence-corrected chi connectivity index (χ3v) is 3.50. The molecule has 1 aromatic rings. The van der Waals surface area contributed by atoms with Crippen LogP contribution in [0.4, 0.5) is 0 Å². The van der Waals surface area contributed by atoms with E-state index < -0.39 is 17.9 Å². The van der Waals surface area contributed by atoms with Crippen LogP contribution in [0.5, 0.6) is 0 Å². The Balaban J connectivity index is 2.05. The number of Topliss-reactive ketones (excluding diaryl/α,β-unsaturated/α-hetero) is 1. The third kappa shape index (κ3) is 3.90. The molecule has 2 rings (SSSR count). The van der Waals surface area contributed by atoms with Crippen LogP contribution in [0, 0.1) is 11.8 Å². The van der Waals surface area contributed by atoms with Crippen molar-refractivity contribution in [3.8, 4) is 0 Å². The van der Waals surface area contributed by atoms with Gasteiger partial charge in [-0.25, -0.2) is 0 Å². The average molecular weight is 290 g/mol. The maximum absolute atomic E-state index is 11.9. The highest BCUT2D eigenvalue weighted by atomic mass is 16.5. The van der Waals surface area contributed by atoms with Gasteiger partial charge in [-0.2, -0.15) is 0 Å². The van der Waals surface area contributed by atoms with E-state index in [2.05, 4.69) is 0 Å². The zero-order valence-electron chi connectivity index (χ0n) is 11.9. The van der Waals surface area contributed by atoms with E-state index in [1.807, 2.05) is 0 Å². The van der Waals surface area contributed by atoms with Crippen molar-refractivity contribution in [2.45, 2.75) is 26.2 Å². The first-order chi connectivity index (χ1) is 10.0. The van der Waals surface area contributed by atoms with Crippen molar-refractivity contribution in [2.24, 2.45) is 11.8 Å². The molecule has 0 spiro atoms. The molecule has 1 saturated carbocycles. The summed E-state index contributed by atoms with van der Waals surface area (Å²) < 4.78 is 4.77. The van der Waals surface area contributed by atoms with Gasteiger partial charge in [-0.3, -0.25) is 14.4 Å². The van der Waals surface area contributed by atoms with Gasteiger partial charge in [0, 0.05) is 11.5 Å². The Hall–Kier alpha value is -2.17. The zero-order valence-corrected chi connectivity index (χ0v) is 11.9. The van der Waals surface area contributed by atoms with Crippen LogP contribution in [0.15, 0.2) is 24.3 Å². The van der Waals surface area contributed by atoms with Crippen LogP contribution in [0.2, 0.25) is 0 Å². The van der Waals surface area contributed by atoms with Crippen LogP contribution in [0.3, 0.4) is 0 Å². The van der Waals surface area contributed by atoms with Gasteiger partial charge in [-0.1, -0.05) is 24.3 Å². The molecular formula is C16H18O5. The summed E-state index contributed by atoms with van der Waals surface area (Å²) >= 11 is 0. The molecule has 5 heteroatoms. The van der Waals surface area contributed by atoms with Gasteiger partial charge in [0.05, 0.1) is 6.61 Å². The first-order valence-electron chi connectivity index (χ1n) is 7.05. The van der Waals surface area contributed by atoms with Gasteiger partial charge < -0.3 is 9.84 Å². The van der Waals surface area contributed by atoms with Crippen molar-refractivity contribution >= 4 is 17.7 Å². The SMILES string of the molecule is CCOC(=O)C(Cc1ccc(C(=O)C2CC2)cc1)C(=O)O. The molecule has 21 heavy (non-hydrogen) atoms. The molecule has 1 atom stereocenters. The van der Waals surface area contributed by atoms with Gasteiger partial charge >= 0.3 is 11.9 Å². The summed E-state index contributed by atoms with van der Waals surface area (Å²) in [5.74, 6) is -2.85. The lowest BCUT2D eigenvalue weighted by Crippen LogP contribution is -2.28. The molecule has 0 radical (unpaired) electrons. The minimum absolute atomic E-state index is 0.0616. The number of ether oxygens (including phenoxy) is 1. The van der Waals surface area contributed by atoms with E-state index in [1.165, 1.54) is 0 Å². The van der Waals surface area contributed by atoms with Crippen molar-refractivity contribution < 1.29 is 24.2 Å². The lowest BCUT2D eigenvalue weighted by atomic mass is 9.97. The summed E-state index contributed by atoms with van der Waals surface area (Å²) in [6.45, 7) is 1.78. The van der Waals surface area contributed by atoms with Crippen LogP contribution in [0.1, 0.15) is 35.7 Å². The summed E-state index contributed by atoms with van der Waals surface area (Å²) in [5.41, 5.74) is 1.34. The summed E-state index contributed by atoms with van der Waals surface area (Å²) in [4.78, 5) is 34.6. The maximum atomic E-state index is 11.9. The fourth-order valence-corrected chi connectivity index (χ4v) is 2.14. The lowest BCUT2D eigenvalue weighted by molar-refractivity contribution is -0.158. The average Bonchev–Trinajstić information content (AvgIpc) is 3.29. The van der Waals surface area contributed by atoms with E-state index in [-0.39, 0.29) is 24.7 Å². The molecule has 0 bridgehead atoms. The monoisotopic (exact) mass is 290 g/mol. The fourth-order valence-electron chi connectivity index (χ4n) is 2.14. The summed E-state index contributed by atoms with van der Waals surface area (Å²) in [6.07, 6.45) is 1.96. The highest BCUT2D eigenvalue weighted by molar-refractivity contribution is 5.99. The number of carboxylic acid groups (broad SMARTS) is 1. The molecule has 0 saturated heterocycles. The number of ketones is 1. The van der Waals surface area contributed by atoms with E-state index in [4.69, 9.17) is 9.84 Å². The molecule has 1 aliphatic carbocycles. The molecule has 1 aliphatic rings. The van der Waals surface area contributed by atoms with Crippen molar-refractivity contribution in [3.63, 3.8) is 0 Å². The van der Waals surface area contributed by atoms with Crippen LogP contribution >= 0.6 is 0 Å². The van der Waals surface area contributed by atoms with E-state index >= 15 is 0 Å². The van der Waals surface area contributed by atoms with E-state index in [1.54, 1.807) is 31.2 Å². The highest BCUT2D eigenvalue weighted by Gasteiger charge is 2.31. The van der Waals surface area contributed by atoms with Crippen LogP contribution < -0.4 is 0 Å². The Kier molecular flexibility index (Phi) is 4.73. The first-order valence-corrected chi connectivity index (χ1v) is 7.05. The number of aliphatic carboxylic acids is 1. The smallest absolute Gasteiger partial charge is 0.320 e. The molecule has 1 N–H and O–H groups in total. The number of esters is 1. The summed E-state index contributed by atoms with van der Waals surface area (Å²) in [7, 11) is 0. The minimum Gasteiger partial charge on any atom is -0.481 e. The molecule has 0 amide bonds. The molecule has 0 heterocycles. The molecule has 1 aromatic carbocycles. The predicted molar refractivity (Wildman–Crippen MR) is 75.0 cm³/mol. The molecule has 1 unspecified atom stereocenters.